The maximum Gasteiger partial charge on any atom is 0.200 e. The summed E-state index contributed by atoms with van der Waals surface area (Å²) < 4.78 is 18.3. The van der Waals surface area contributed by atoms with E-state index in [2.05, 4.69) is 0 Å². The molecule has 0 spiro atoms. The normalized spacial score (nSPS) is 19.3. The molecule has 1 aliphatic heterocycles. The van der Waals surface area contributed by atoms with Crippen LogP contribution in [0.2, 0.25) is 0 Å². The lowest BCUT2D eigenvalue weighted by molar-refractivity contribution is -0.0229. The Morgan fingerprint density at radius 1 is 1.23 bits per heavy atom. The zero-order chi connectivity index (χ0) is 21.5. The Balaban J connectivity index is 1.91. The first-order valence-electron chi connectivity index (χ1n) is 10.7. The minimum absolute atomic E-state index is 0.0266. The van der Waals surface area contributed by atoms with E-state index in [1.165, 1.54) is 0 Å². The lowest BCUT2D eigenvalue weighted by Crippen LogP contribution is -2.39. The highest BCUT2D eigenvalue weighted by Gasteiger charge is 2.38. The van der Waals surface area contributed by atoms with Gasteiger partial charge >= 0.3 is 0 Å². The van der Waals surface area contributed by atoms with E-state index in [4.69, 9.17) is 13.9 Å². The van der Waals surface area contributed by atoms with Crippen molar-refractivity contribution < 1.29 is 29.2 Å². The first kappa shape index (κ1) is 21.2. The summed E-state index contributed by atoms with van der Waals surface area (Å²) >= 11 is 0. The van der Waals surface area contributed by atoms with Crippen LogP contribution in [-0.2, 0) is 19.4 Å². The molecule has 2 aliphatic rings. The second-order valence-electron chi connectivity index (χ2n) is 8.86. The van der Waals surface area contributed by atoms with Crippen LogP contribution >= 0.6 is 0 Å². The van der Waals surface area contributed by atoms with Gasteiger partial charge in [0.25, 0.3) is 0 Å². The van der Waals surface area contributed by atoms with Gasteiger partial charge in [0.15, 0.2) is 5.43 Å². The summed E-state index contributed by atoms with van der Waals surface area (Å²) in [6, 6.07) is 1.66. The lowest BCUT2D eigenvalue weighted by Gasteiger charge is -2.24. The minimum atomic E-state index is -1.06. The van der Waals surface area contributed by atoms with E-state index in [1.54, 1.807) is 19.9 Å². The molecule has 4 rings (SSSR count). The number of hydrogen-bond acceptors (Lipinski definition) is 7. The van der Waals surface area contributed by atoms with Gasteiger partial charge in [-0.2, -0.15) is 0 Å². The largest absolute Gasteiger partial charge is 0.489 e. The summed E-state index contributed by atoms with van der Waals surface area (Å²) in [5, 5.41) is 29.8. The van der Waals surface area contributed by atoms with Crippen LogP contribution in [0.4, 0.5) is 0 Å². The standard InChI is InChI=1S/C23H30O7/c1-23(2,27)19-10-15-16(30-19)11-17-20(22(15)28-13-6-3-4-7-13)21(26)14(8-5-9-24)18(12-25)29-17/h11,13,19,24-25,27H,3-10,12H2,1-2H3/t19-/m1/s1. The average molecular weight is 418 g/mol. The zero-order valence-corrected chi connectivity index (χ0v) is 17.6. The maximum absolute atomic E-state index is 13.5. The van der Waals surface area contributed by atoms with E-state index in [9.17, 15) is 20.1 Å². The van der Waals surface area contributed by atoms with Gasteiger partial charge in [-0.25, -0.2) is 0 Å². The molecule has 7 heteroatoms. The maximum atomic E-state index is 13.5. The van der Waals surface area contributed by atoms with Crippen LogP contribution in [0, 0.1) is 0 Å². The van der Waals surface area contributed by atoms with E-state index in [0.29, 0.717) is 47.3 Å². The molecule has 1 fully saturated rings. The third kappa shape index (κ3) is 3.82. The Kier molecular flexibility index (Phi) is 5.79. The Labute approximate surface area is 175 Å². The lowest BCUT2D eigenvalue weighted by atomic mass is 9.95. The van der Waals surface area contributed by atoms with Crippen LogP contribution in [0.5, 0.6) is 11.5 Å². The highest BCUT2D eigenvalue weighted by Crippen LogP contribution is 2.44. The van der Waals surface area contributed by atoms with Gasteiger partial charge in [-0.15, -0.1) is 0 Å². The molecule has 2 heterocycles. The fraction of sp³-hybridized carbons (Fsp3) is 0.609. The molecule has 0 unspecified atom stereocenters. The summed E-state index contributed by atoms with van der Waals surface area (Å²) in [6.45, 7) is 2.93. The van der Waals surface area contributed by atoms with Crippen molar-refractivity contribution in [2.24, 2.45) is 0 Å². The average Bonchev–Trinajstić information content (AvgIpc) is 3.36. The number of fused-ring (bicyclic) bond motifs is 2. The molecule has 1 aromatic heterocycles. The molecule has 1 aromatic carbocycles. The van der Waals surface area contributed by atoms with E-state index >= 15 is 0 Å². The van der Waals surface area contributed by atoms with Crippen molar-refractivity contribution in [3.05, 3.63) is 33.2 Å². The number of hydrogen-bond donors (Lipinski definition) is 3. The molecule has 0 bridgehead atoms. The highest BCUT2D eigenvalue weighted by atomic mass is 16.5. The Hall–Kier alpha value is -2.09. The molecule has 7 nitrogen and oxygen atoms in total. The van der Waals surface area contributed by atoms with Crippen LogP contribution in [0.15, 0.2) is 15.3 Å². The quantitative estimate of drug-likeness (QED) is 0.634. The van der Waals surface area contributed by atoms with Gasteiger partial charge in [-0.1, -0.05) is 0 Å². The van der Waals surface area contributed by atoms with Gasteiger partial charge in [0, 0.05) is 30.2 Å². The summed E-state index contributed by atoms with van der Waals surface area (Å²) in [5.74, 6) is 1.21. The molecule has 3 N–H and O–H groups in total. The molecule has 1 saturated carbocycles. The molecule has 30 heavy (non-hydrogen) atoms. The van der Waals surface area contributed by atoms with Crippen LogP contribution in [0.25, 0.3) is 11.0 Å². The molecule has 0 radical (unpaired) electrons. The molecule has 1 aliphatic carbocycles. The second kappa shape index (κ2) is 8.21. The molecule has 0 saturated heterocycles. The van der Waals surface area contributed by atoms with Crippen molar-refractivity contribution in [1.29, 1.82) is 0 Å². The fourth-order valence-corrected chi connectivity index (χ4v) is 4.43. The summed E-state index contributed by atoms with van der Waals surface area (Å²) in [4.78, 5) is 13.5. The fourth-order valence-electron chi connectivity index (χ4n) is 4.43. The van der Waals surface area contributed by atoms with E-state index in [1.807, 2.05) is 0 Å². The van der Waals surface area contributed by atoms with E-state index in [0.717, 1.165) is 31.2 Å². The van der Waals surface area contributed by atoms with Crippen molar-refractivity contribution >= 4 is 11.0 Å². The highest BCUT2D eigenvalue weighted by molar-refractivity contribution is 5.88. The number of aliphatic hydroxyl groups is 3. The van der Waals surface area contributed by atoms with Gasteiger partial charge in [0.05, 0.1) is 11.7 Å². The smallest absolute Gasteiger partial charge is 0.200 e. The molecule has 2 aromatic rings. The monoisotopic (exact) mass is 418 g/mol. The van der Waals surface area contributed by atoms with Crippen molar-refractivity contribution in [2.75, 3.05) is 6.61 Å². The predicted molar refractivity (Wildman–Crippen MR) is 111 cm³/mol. The zero-order valence-electron chi connectivity index (χ0n) is 17.6. The van der Waals surface area contributed by atoms with Gasteiger partial charge in [0.1, 0.15) is 40.9 Å². The minimum Gasteiger partial charge on any atom is -0.489 e. The van der Waals surface area contributed by atoms with Gasteiger partial charge in [0.2, 0.25) is 0 Å². The van der Waals surface area contributed by atoms with Crippen molar-refractivity contribution in [3.63, 3.8) is 0 Å². The third-order valence-electron chi connectivity index (χ3n) is 6.14. The Morgan fingerprint density at radius 3 is 2.60 bits per heavy atom. The van der Waals surface area contributed by atoms with Crippen LogP contribution in [0.1, 0.15) is 62.8 Å². The Morgan fingerprint density at radius 2 is 1.97 bits per heavy atom. The van der Waals surface area contributed by atoms with E-state index in [-0.39, 0.29) is 23.9 Å². The van der Waals surface area contributed by atoms with Crippen LogP contribution in [-0.4, -0.2) is 39.7 Å². The van der Waals surface area contributed by atoms with Gasteiger partial charge < -0.3 is 29.2 Å². The topological polar surface area (TPSA) is 109 Å². The van der Waals surface area contributed by atoms with Crippen LogP contribution in [0.3, 0.4) is 0 Å². The number of ether oxygens (including phenoxy) is 2. The summed E-state index contributed by atoms with van der Waals surface area (Å²) in [7, 11) is 0. The Bertz CT molecular complexity index is 980. The van der Waals surface area contributed by atoms with Crippen molar-refractivity contribution in [2.45, 2.75) is 83.2 Å². The van der Waals surface area contributed by atoms with Crippen LogP contribution < -0.4 is 14.9 Å². The van der Waals surface area contributed by atoms with Crippen molar-refractivity contribution in [1.82, 2.24) is 0 Å². The molecule has 0 amide bonds. The SMILES string of the molecule is CC(C)(O)[C@H]1Cc2c(cc3oc(CO)c(CCCO)c(=O)c3c2OC2CCCC2)O1. The molecular weight excluding hydrogens is 388 g/mol. The van der Waals surface area contributed by atoms with Gasteiger partial charge in [-0.3, -0.25) is 4.79 Å². The number of benzene rings is 1. The predicted octanol–water partition coefficient (Wildman–Crippen LogP) is 2.61. The van der Waals surface area contributed by atoms with Crippen molar-refractivity contribution in [3.8, 4) is 11.5 Å². The summed E-state index contributed by atoms with van der Waals surface area (Å²) in [6.07, 6.45) is 4.75. The molecule has 164 valence electrons. The van der Waals surface area contributed by atoms with E-state index < -0.39 is 18.3 Å². The summed E-state index contributed by atoms with van der Waals surface area (Å²) in [5.41, 5.74) is 0.152. The first-order valence-corrected chi connectivity index (χ1v) is 10.7. The molecule has 1 atom stereocenters. The molecular formula is C23H30O7. The van der Waals surface area contributed by atoms with Gasteiger partial charge in [-0.05, 0) is 52.4 Å². The number of aliphatic hydroxyl groups excluding tert-OH is 2. The number of rotatable bonds is 7. The first-order chi connectivity index (χ1) is 14.3. The second-order valence-corrected chi connectivity index (χ2v) is 8.86. The third-order valence-corrected chi connectivity index (χ3v) is 6.14.